The van der Waals surface area contributed by atoms with Crippen molar-refractivity contribution < 1.29 is 9.53 Å². The van der Waals surface area contributed by atoms with Gasteiger partial charge in [0, 0.05) is 18.5 Å². The number of hydrogen-bond donors (Lipinski definition) is 1. The molecule has 4 heteroatoms. The first-order valence-corrected chi connectivity index (χ1v) is 5.21. The number of esters is 1. The summed E-state index contributed by atoms with van der Waals surface area (Å²) < 4.78 is 4.41. The Morgan fingerprint density at radius 2 is 2.47 bits per heavy atom. The lowest BCUT2D eigenvalue weighted by Gasteiger charge is -2.29. The molecule has 0 spiro atoms. The van der Waals surface area contributed by atoms with Crippen LogP contribution in [-0.4, -0.2) is 50.7 Å². The van der Waals surface area contributed by atoms with Gasteiger partial charge in [-0.2, -0.15) is 0 Å². The van der Waals surface area contributed by atoms with E-state index in [9.17, 15) is 4.79 Å². The van der Waals surface area contributed by atoms with Gasteiger partial charge < -0.3 is 15.0 Å². The van der Waals surface area contributed by atoms with Gasteiger partial charge in [0.05, 0.1) is 13.7 Å². The third-order valence-corrected chi connectivity index (χ3v) is 2.48. The zero-order valence-electron chi connectivity index (χ0n) is 9.38. The molecule has 1 fully saturated rings. The van der Waals surface area contributed by atoms with E-state index in [1.165, 1.54) is 26.5 Å². The number of ether oxygens (including phenoxy) is 1. The third kappa shape index (κ3) is 4.82. The first kappa shape index (κ1) is 12.0. The maximum Gasteiger partial charge on any atom is 0.384 e. The van der Waals surface area contributed by atoms with Gasteiger partial charge in [0.15, 0.2) is 0 Å². The Morgan fingerprint density at radius 3 is 3.13 bits per heavy atom. The highest BCUT2D eigenvalue weighted by molar-refractivity contribution is 5.88. The van der Waals surface area contributed by atoms with Crippen molar-refractivity contribution in [1.29, 1.82) is 0 Å². The van der Waals surface area contributed by atoms with Crippen molar-refractivity contribution in [3.05, 3.63) is 0 Å². The van der Waals surface area contributed by atoms with Gasteiger partial charge in [-0.05, 0) is 26.4 Å². The van der Waals surface area contributed by atoms with Gasteiger partial charge in [0.2, 0.25) is 0 Å². The van der Waals surface area contributed by atoms with E-state index in [2.05, 4.69) is 33.8 Å². The standard InChI is InChI=1S/C11H18N2O2/c1-13-8-4-5-10(9-13)12-7-3-6-11(14)15-2/h10,12H,4-5,7-9H2,1-2H3. The lowest BCUT2D eigenvalue weighted by atomic mass is 10.1. The van der Waals surface area contributed by atoms with Crippen molar-refractivity contribution in [2.75, 3.05) is 33.8 Å². The summed E-state index contributed by atoms with van der Waals surface area (Å²) >= 11 is 0. The molecule has 1 unspecified atom stereocenters. The smallest absolute Gasteiger partial charge is 0.384 e. The van der Waals surface area contributed by atoms with Crippen LogP contribution in [0.4, 0.5) is 0 Å². The summed E-state index contributed by atoms with van der Waals surface area (Å²) in [6.45, 7) is 2.78. The molecular weight excluding hydrogens is 192 g/mol. The lowest BCUT2D eigenvalue weighted by molar-refractivity contribution is -0.133. The van der Waals surface area contributed by atoms with E-state index in [1.807, 2.05) is 0 Å². The minimum absolute atomic E-state index is 0.474. The van der Waals surface area contributed by atoms with Gasteiger partial charge in [-0.15, -0.1) is 0 Å². The molecule has 1 N–H and O–H groups in total. The summed E-state index contributed by atoms with van der Waals surface area (Å²) in [6.07, 6.45) is 2.41. The Bertz CT molecular complexity index is 267. The van der Waals surface area contributed by atoms with Crippen LogP contribution >= 0.6 is 0 Å². The Morgan fingerprint density at radius 1 is 1.67 bits per heavy atom. The molecule has 0 aromatic carbocycles. The van der Waals surface area contributed by atoms with Crippen LogP contribution < -0.4 is 5.32 Å². The normalized spacial score (nSPS) is 21.6. The molecule has 0 bridgehead atoms. The van der Waals surface area contributed by atoms with Crippen LogP contribution in [0.15, 0.2) is 0 Å². The predicted molar refractivity (Wildman–Crippen MR) is 58.3 cm³/mol. The molecule has 84 valence electrons. The fraction of sp³-hybridized carbons (Fsp3) is 0.727. The molecule has 1 aliphatic rings. The number of nitrogens with one attached hydrogen (secondary N) is 1. The Hall–Kier alpha value is -1.05. The second-order valence-corrected chi connectivity index (χ2v) is 3.78. The Kier molecular flexibility index (Phi) is 5.16. The summed E-state index contributed by atoms with van der Waals surface area (Å²) in [5, 5.41) is 3.31. The Labute approximate surface area is 91.0 Å². The van der Waals surface area contributed by atoms with Gasteiger partial charge >= 0.3 is 5.97 Å². The fourth-order valence-corrected chi connectivity index (χ4v) is 1.70. The number of rotatable bonds is 2. The van der Waals surface area contributed by atoms with Crippen molar-refractivity contribution in [2.24, 2.45) is 0 Å². The summed E-state index contributed by atoms with van der Waals surface area (Å²) in [4.78, 5) is 13.0. The summed E-state index contributed by atoms with van der Waals surface area (Å²) in [7, 11) is 3.45. The van der Waals surface area contributed by atoms with E-state index < -0.39 is 5.97 Å². The SMILES string of the molecule is COC(=O)C#CCNC1CCCN(C)C1. The fourth-order valence-electron chi connectivity index (χ4n) is 1.70. The van der Waals surface area contributed by atoms with Crippen LogP contribution in [0, 0.1) is 11.8 Å². The van der Waals surface area contributed by atoms with Gasteiger partial charge in [-0.1, -0.05) is 5.92 Å². The minimum Gasteiger partial charge on any atom is -0.459 e. The van der Waals surface area contributed by atoms with E-state index in [1.54, 1.807) is 0 Å². The number of likely N-dealkylation sites (tertiary alicyclic amines) is 1. The van der Waals surface area contributed by atoms with Crippen LogP contribution in [0.25, 0.3) is 0 Å². The lowest BCUT2D eigenvalue weighted by Crippen LogP contribution is -2.44. The molecule has 0 amide bonds. The molecule has 0 radical (unpaired) electrons. The average molecular weight is 210 g/mol. The minimum atomic E-state index is -0.474. The monoisotopic (exact) mass is 210 g/mol. The third-order valence-electron chi connectivity index (χ3n) is 2.48. The van der Waals surface area contributed by atoms with E-state index in [0.717, 1.165) is 6.54 Å². The van der Waals surface area contributed by atoms with E-state index in [4.69, 9.17) is 0 Å². The highest BCUT2D eigenvalue weighted by Crippen LogP contribution is 2.06. The largest absolute Gasteiger partial charge is 0.459 e. The van der Waals surface area contributed by atoms with Crippen molar-refractivity contribution in [3.8, 4) is 11.8 Å². The highest BCUT2D eigenvalue weighted by atomic mass is 16.5. The van der Waals surface area contributed by atoms with E-state index >= 15 is 0 Å². The zero-order chi connectivity index (χ0) is 11.1. The molecule has 1 aliphatic heterocycles. The van der Waals surface area contributed by atoms with Gasteiger partial charge in [0.25, 0.3) is 0 Å². The average Bonchev–Trinajstić information content (AvgIpc) is 2.24. The second-order valence-electron chi connectivity index (χ2n) is 3.78. The predicted octanol–water partition coefficient (Wildman–Crippen LogP) is -0.153. The van der Waals surface area contributed by atoms with Gasteiger partial charge in [0.1, 0.15) is 0 Å². The van der Waals surface area contributed by atoms with E-state index in [0.29, 0.717) is 12.6 Å². The Balaban J connectivity index is 2.18. The molecule has 0 aliphatic carbocycles. The maximum atomic E-state index is 10.7. The topological polar surface area (TPSA) is 41.6 Å². The molecule has 1 rings (SSSR count). The number of carbonyl (C=O) groups is 1. The van der Waals surface area contributed by atoms with Crippen molar-refractivity contribution in [1.82, 2.24) is 10.2 Å². The van der Waals surface area contributed by atoms with Crippen LogP contribution in [0.1, 0.15) is 12.8 Å². The molecule has 4 nitrogen and oxygen atoms in total. The molecule has 15 heavy (non-hydrogen) atoms. The second kappa shape index (κ2) is 6.44. The van der Waals surface area contributed by atoms with E-state index in [-0.39, 0.29) is 0 Å². The first-order chi connectivity index (χ1) is 7.22. The summed E-state index contributed by atoms with van der Waals surface area (Å²) in [5.41, 5.74) is 0. The maximum absolute atomic E-state index is 10.7. The van der Waals surface area contributed by atoms with Crippen molar-refractivity contribution in [3.63, 3.8) is 0 Å². The molecule has 0 aromatic heterocycles. The van der Waals surface area contributed by atoms with Gasteiger partial charge in [-0.3, -0.25) is 0 Å². The van der Waals surface area contributed by atoms with Crippen LogP contribution in [0.5, 0.6) is 0 Å². The summed E-state index contributed by atoms with van der Waals surface area (Å²) in [6, 6.07) is 0.496. The first-order valence-electron chi connectivity index (χ1n) is 5.21. The van der Waals surface area contributed by atoms with Gasteiger partial charge in [-0.25, -0.2) is 4.79 Å². The molecule has 0 saturated carbocycles. The number of hydrogen-bond acceptors (Lipinski definition) is 4. The quantitative estimate of drug-likeness (QED) is 0.391. The highest BCUT2D eigenvalue weighted by Gasteiger charge is 2.15. The number of nitrogens with zero attached hydrogens (tertiary/aromatic N) is 1. The number of likely N-dealkylation sites (N-methyl/N-ethyl adjacent to an activating group) is 1. The number of methoxy groups -OCH3 is 1. The number of piperidine rings is 1. The summed E-state index contributed by atoms with van der Waals surface area (Å²) in [5.74, 6) is 4.67. The van der Waals surface area contributed by atoms with Crippen molar-refractivity contribution >= 4 is 5.97 Å². The number of carbonyl (C=O) groups excluding carboxylic acids is 1. The zero-order valence-corrected chi connectivity index (χ0v) is 9.38. The molecule has 0 aromatic rings. The molecule has 1 saturated heterocycles. The molecule has 1 heterocycles. The van der Waals surface area contributed by atoms with Crippen LogP contribution in [-0.2, 0) is 9.53 Å². The van der Waals surface area contributed by atoms with Crippen LogP contribution in [0.2, 0.25) is 0 Å². The molecular formula is C11H18N2O2. The van der Waals surface area contributed by atoms with Crippen LogP contribution in [0.3, 0.4) is 0 Å². The molecule has 1 atom stereocenters. The van der Waals surface area contributed by atoms with Crippen molar-refractivity contribution in [2.45, 2.75) is 18.9 Å².